The summed E-state index contributed by atoms with van der Waals surface area (Å²) in [6.07, 6.45) is 2.72. The number of hydrogen-bond donors (Lipinski definition) is 0. The molecule has 0 radical (unpaired) electrons. The van der Waals surface area contributed by atoms with Crippen molar-refractivity contribution in [1.82, 2.24) is 4.90 Å². The fraction of sp³-hybridized carbons (Fsp3) is 0.276. The van der Waals surface area contributed by atoms with Crippen LogP contribution in [0.15, 0.2) is 78.9 Å². The zero-order chi connectivity index (χ0) is 22.4. The van der Waals surface area contributed by atoms with Crippen LogP contribution in [-0.4, -0.2) is 42.9 Å². The highest BCUT2D eigenvalue weighted by atomic mass is 16.6. The Hall–Kier alpha value is -3.37. The Morgan fingerprint density at radius 1 is 0.939 bits per heavy atom. The van der Waals surface area contributed by atoms with E-state index in [1.54, 1.807) is 0 Å². The van der Waals surface area contributed by atoms with Crippen LogP contribution in [0.2, 0.25) is 0 Å². The molecule has 2 aliphatic heterocycles. The zero-order valence-corrected chi connectivity index (χ0v) is 18.7. The molecule has 0 spiro atoms. The van der Waals surface area contributed by atoms with Crippen molar-refractivity contribution >= 4 is 11.7 Å². The molecular formula is C29H27NO3. The normalized spacial score (nSPS) is 21.2. The fourth-order valence-electron chi connectivity index (χ4n) is 5.53. The van der Waals surface area contributed by atoms with Crippen molar-refractivity contribution in [2.75, 3.05) is 19.8 Å². The first-order valence-electron chi connectivity index (χ1n) is 11.7. The summed E-state index contributed by atoms with van der Waals surface area (Å²) < 4.78 is 11.8. The smallest absolute Gasteiger partial charge is 0.410 e. The molecule has 0 aromatic heterocycles. The minimum Gasteiger partial charge on any atom is -0.448 e. The van der Waals surface area contributed by atoms with Gasteiger partial charge < -0.3 is 9.47 Å². The van der Waals surface area contributed by atoms with Crippen LogP contribution in [0.5, 0.6) is 0 Å². The molecule has 4 nitrogen and oxygen atoms in total. The van der Waals surface area contributed by atoms with E-state index in [0.29, 0.717) is 19.8 Å². The van der Waals surface area contributed by atoms with Gasteiger partial charge in [-0.2, -0.15) is 0 Å². The van der Waals surface area contributed by atoms with Gasteiger partial charge in [0, 0.05) is 5.92 Å². The van der Waals surface area contributed by atoms with E-state index in [9.17, 15) is 4.79 Å². The van der Waals surface area contributed by atoms with Crippen molar-refractivity contribution in [2.45, 2.75) is 31.3 Å². The van der Waals surface area contributed by atoms with Gasteiger partial charge in [0.2, 0.25) is 0 Å². The van der Waals surface area contributed by atoms with Gasteiger partial charge in [-0.25, -0.2) is 4.79 Å². The average molecular weight is 438 g/mol. The second-order valence-corrected chi connectivity index (χ2v) is 9.23. The lowest BCUT2D eigenvalue weighted by atomic mass is 9.90. The third-order valence-corrected chi connectivity index (χ3v) is 7.17. The quantitative estimate of drug-likeness (QED) is 0.520. The summed E-state index contributed by atoms with van der Waals surface area (Å²) in [5.41, 5.74) is 8.70. The first-order valence-corrected chi connectivity index (χ1v) is 11.7. The van der Waals surface area contributed by atoms with Crippen molar-refractivity contribution in [2.24, 2.45) is 0 Å². The van der Waals surface area contributed by atoms with Crippen LogP contribution in [-0.2, 0) is 9.47 Å². The Balaban J connectivity index is 1.22. The number of ether oxygens (including phenoxy) is 2. The number of nitrogens with zero attached hydrogens (tertiary/aromatic N) is 1. The summed E-state index contributed by atoms with van der Waals surface area (Å²) in [7, 11) is 0. The Labute approximate surface area is 194 Å². The van der Waals surface area contributed by atoms with E-state index >= 15 is 0 Å². The van der Waals surface area contributed by atoms with Gasteiger partial charge in [0.1, 0.15) is 6.61 Å². The lowest BCUT2D eigenvalue weighted by Crippen LogP contribution is -2.56. The topological polar surface area (TPSA) is 38.8 Å². The third kappa shape index (κ3) is 3.55. The summed E-state index contributed by atoms with van der Waals surface area (Å²) in [6, 6.07) is 25.4. The van der Waals surface area contributed by atoms with Gasteiger partial charge in [0.15, 0.2) is 0 Å². The number of carbonyl (C=O) groups excluding carboxylic acids is 1. The molecule has 1 saturated heterocycles. The van der Waals surface area contributed by atoms with E-state index in [1.807, 2.05) is 4.90 Å². The van der Waals surface area contributed by atoms with Gasteiger partial charge in [-0.05, 0) is 46.7 Å². The molecule has 2 unspecified atom stereocenters. The van der Waals surface area contributed by atoms with Crippen LogP contribution in [0.3, 0.4) is 0 Å². The van der Waals surface area contributed by atoms with E-state index in [2.05, 4.69) is 85.8 Å². The van der Waals surface area contributed by atoms with Crippen molar-refractivity contribution in [3.05, 3.63) is 101 Å². The van der Waals surface area contributed by atoms with Gasteiger partial charge in [-0.3, -0.25) is 4.90 Å². The molecule has 0 N–H and O–H groups in total. The SMILES string of the molecule is Cc1ccc(C2=CC3COCC(C2)N3C(=O)OCC2c3ccccc3-c3ccccc32)cc1. The van der Waals surface area contributed by atoms with Crippen LogP contribution in [0.4, 0.5) is 4.79 Å². The monoisotopic (exact) mass is 437 g/mol. The summed E-state index contributed by atoms with van der Waals surface area (Å²) in [5, 5.41) is 0. The molecule has 1 aliphatic carbocycles. The Morgan fingerprint density at radius 2 is 1.61 bits per heavy atom. The summed E-state index contributed by atoms with van der Waals surface area (Å²) >= 11 is 0. The molecule has 2 heterocycles. The molecule has 2 bridgehead atoms. The van der Waals surface area contributed by atoms with E-state index < -0.39 is 0 Å². The van der Waals surface area contributed by atoms with E-state index in [-0.39, 0.29) is 24.1 Å². The fourth-order valence-corrected chi connectivity index (χ4v) is 5.53. The van der Waals surface area contributed by atoms with Crippen LogP contribution in [0.1, 0.15) is 34.6 Å². The van der Waals surface area contributed by atoms with E-state index in [4.69, 9.17) is 9.47 Å². The molecule has 1 amide bonds. The summed E-state index contributed by atoms with van der Waals surface area (Å²) in [4.78, 5) is 15.2. The number of hydrogen-bond acceptors (Lipinski definition) is 3. The first-order chi connectivity index (χ1) is 16.2. The summed E-state index contributed by atoms with van der Waals surface area (Å²) in [5.74, 6) is 0.0703. The minimum atomic E-state index is -0.241. The Bertz CT molecular complexity index is 1180. The van der Waals surface area contributed by atoms with Crippen LogP contribution in [0, 0.1) is 6.92 Å². The standard InChI is InChI=1S/C29H27NO3/c1-19-10-12-20(13-11-19)21-14-22-16-32-17-23(15-21)30(22)29(31)33-18-28-26-8-4-2-6-24(26)25-7-3-5-9-27(25)28/h2-14,22-23,28H,15-18H2,1H3. The Kier molecular flexibility index (Phi) is 5.03. The predicted molar refractivity (Wildman–Crippen MR) is 129 cm³/mol. The van der Waals surface area contributed by atoms with Crippen molar-refractivity contribution in [3.63, 3.8) is 0 Å². The molecule has 1 fully saturated rings. The molecule has 3 aliphatic rings. The number of amides is 1. The molecule has 0 saturated carbocycles. The highest BCUT2D eigenvalue weighted by molar-refractivity contribution is 5.79. The third-order valence-electron chi connectivity index (χ3n) is 7.17. The number of benzene rings is 3. The highest BCUT2D eigenvalue weighted by Crippen LogP contribution is 2.44. The van der Waals surface area contributed by atoms with Crippen LogP contribution < -0.4 is 0 Å². The second-order valence-electron chi connectivity index (χ2n) is 9.23. The second kappa shape index (κ2) is 8.20. The lowest BCUT2D eigenvalue weighted by Gasteiger charge is -2.44. The predicted octanol–water partition coefficient (Wildman–Crippen LogP) is 5.80. The van der Waals surface area contributed by atoms with Gasteiger partial charge in [-0.15, -0.1) is 0 Å². The maximum Gasteiger partial charge on any atom is 0.410 e. The molecule has 33 heavy (non-hydrogen) atoms. The van der Waals surface area contributed by atoms with Crippen molar-refractivity contribution in [3.8, 4) is 11.1 Å². The van der Waals surface area contributed by atoms with Gasteiger partial charge in [0.05, 0.1) is 25.3 Å². The zero-order valence-electron chi connectivity index (χ0n) is 18.7. The van der Waals surface area contributed by atoms with E-state index in [0.717, 1.165) is 6.42 Å². The molecular weight excluding hydrogens is 410 g/mol. The van der Waals surface area contributed by atoms with Gasteiger partial charge in [0.25, 0.3) is 0 Å². The molecule has 4 heteroatoms. The van der Waals surface area contributed by atoms with Gasteiger partial charge >= 0.3 is 6.09 Å². The molecule has 2 atom stereocenters. The molecule has 3 aromatic carbocycles. The highest BCUT2D eigenvalue weighted by Gasteiger charge is 2.39. The molecule has 3 aromatic rings. The number of morpholine rings is 1. The van der Waals surface area contributed by atoms with Crippen molar-refractivity contribution in [1.29, 1.82) is 0 Å². The average Bonchev–Trinajstić information content (AvgIpc) is 3.16. The largest absolute Gasteiger partial charge is 0.448 e. The molecule has 166 valence electrons. The maximum absolute atomic E-state index is 13.3. The first kappa shape index (κ1) is 20.3. The number of fused-ring (bicyclic) bond motifs is 5. The van der Waals surface area contributed by atoms with Gasteiger partial charge in [-0.1, -0.05) is 84.4 Å². The van der Waals surface area contributed by atoms with E-state index in [1.165, 1.54) is 39.0 Å². The van der Waals surface area contributed by atoms with Crippen LogP contribution in [0.25, 0.3) is 16.7 Å². The van der Waals surface area contributed by atoms with Crippen LogP contribution >= 0.6 is 0 Å². The maximum atomic E-state index is 13.3. The van der Waals surface area contributed by atoms with Crippen molar-refractivity contribution < 1.29 is 14.3 Å². The number of rotatable bonds is 3. The number of carbonyl (C=O) groups is 1. The summed E-state index contributed by atoms with van der Waals surface area (Å²) in [6.45, 7) is 3.50. The minimum absolute atomic E-state index is 0.000652. The molecule has 6 rings (SSSR count). The lowest BCUT2D eigenvalue weighted by molar-refractivity contribution is -0.0331. The number of aryl methyl sites for hydroxylation is 1. The Morgan fingerprint density at radius 3 is 2.27 bits per heavy atom.